The number of aromatic amines is 1. The fourth-order valence-corrected chi connectivity index (χ4v) is 2.95. The average molecular weight is 321 g/mol. The summed E-state index contributed by atoms with van der Waals surface area (Å²) in [6.07, 6.45) is 5.01. The van der Waals surface area contributed by atoms with Gasteiger partial charge in [-0.2, -0.15) is 5.10 Å². The Bertz CT molecular complexity index is 921. The number of fused-ring (bicyclic) bond motifs is 1. The molecule has 3 aromatic rings. The van der Waals surface area contributed by atoms with Gasteiger partial charge in [-0.15, -0.1) is 0 Å². The van der Waals surface area contributed by atoms with Crippen molar-refractivity contribution in [3.05, 3.63) is 59.2 Å². The summed E-state index contributed by atoms with van der Waals surface area (Å²) in [4.78, 5) is 23.0. The number of pyridine rings is 2. The Balaban J connectivity index is 1.77. The van der Waals surface area contributed by atoms with Gasteiger partial charge in [-0.1, -0.05) is 0 Å². The monoisotopic (exact) mass is 321 g/mol. The number of aliphatic hydroxyl groups excluding tert-OH is 1. The molecule has 0 fully saturated rings. The van der Waals surface area contributed by atoms with Crippen LogP contribution in [0.25, 0.3) is 11.3 Å². The van der Waals surface area contributed by atoms with Crippen molar-refractivity contribution >= 4 is 11.7 Å². The minimum Gasteiger partial charge on any atom is -0.392 e. The molecule has 0 saturated carbocycles. The molecule has 120 valence electrons. The first-order chi connectivity index (χ1) is 11.7. The van der Waals surface area contributed by atoms with Crippen LogP contribution in [-0.2, 0) is 13.2 Å². The number of carbonyl (C=O) groups is 1. The first-order valence-electron chi connectivity index (χ1n) is 7.54. The maximum atomic E-state index is 12.7. The molecule has 2 N–H and O–H groups in total. The number of nitrogens with zero attached hydrogens (tertiary/aromatic N) is 4. The zero-order valence-electron chi connectivity index (χ0n) is 13.0. The van der Waals surface area contributed by atoms with Gasteiger partial charge in [0.2, 0.25) is 0 Å². The maximum Gasteiger partial charge on any atom is 0.262 e. The zero-order valence-corrected chi connectivity index (χ0v) is 13.0. The van der Waals surface area contributed by atoms with Crippen molar-refractivity contribution in [1.82, 2.24) is 20.2 Å². The lowest BCUT2D eigenvalue weighted by Gasteiger charge is -2.10. The summed E-state index contributed by atoms with van der Waals surface area (Å²) in [5.41, 5.74) is 4.51. The van der Waals surface area contributed by atoms with Crippen molar-refractivity contribution in [3.8, 4) is 11.3 Å². The third kappa shape index (κ3) is 2.26. The van der Waals surface area contributed by atoms with Crippen molar-refractivity contribution in [2.75, 3.05) is 4.90 Å². The molecular weight excluding hydrogens is 306 g/mol. The molecule has 1 amide bonds. The molecule has 0 unspecified atom stereocenters. The van der Waals surface area contributed by atoms with Crippen molar-refractivity contribution < 1.29 is 9.90 Å². The van der Waals surface area contributed by atoms with E-state index >= 15 is 0 Å². The summed E-state index contributed by atoms with van der Waals surface area (Å²) in [7, 11) is 0. The Hall–Kier alpha value is -3.06. The lowest BCUT2D eigenvalue weighted by atomic mass is 10.0. The highest BCUT2D eigenvalue weighted by molar-refractivity contribution is 6.10. The van der Waals surface area contributed by atoms with Crippen LogP contribution in [0.1, 0.15) is 27.2 Å². The third-order valence-electron chi connectivity index (χ3n) is 4.09. The number of aliphatic hydroxyl groups is 1. The van der Waals surface area contributed by atoms with Gasteiger partial charge in [0.15, 0.2) is 5.82 Å². The predicted molar refractivity (Wildman–Crippen MR) is 87.2 cm³/mol. The second-order valence-electron chi connectivity index (χ2n) is 5.71. The highest BCUT2D eigenvalue weighted by Gasteiger charge is 2.32. The van der Waals surface area contributed by atoms with Crippen LogP contribution in [0.15, 0.2) is 36.8 Å². The molecule has 0 aromatic carbocycles. The number of nitrogens with one attached hydrogen (secondary N) is 1. The molecule has 4 rings (SSSR count). The lowest BCUT2D eigenvalue weighted by molar-refractivity contribution is 0.0995. The molecule has 1 aliphatic heterocycles. The topological polar surface area (TPSA) is 95.0 Å². The smallest absolute Gasteiger partial charge is 0.262 e. The molecule has 7 heteroatoms. The van der Waals surface area contributed by atoms with E-state index in [0.717, 1.165) is 28.1 Å². The molecule has 3 aromatic heterocycles. The van der Waals surface area contributed by atoms with Crippen molar-refractivity contribution in [2.45, 2.75) is 20.1 Å². The van der Waals surface area contributed by atoms with Gasteiger partial charge in [-0.25, -0.2) is 0 Å². The van der Waals surface area contributed by atoms with Gasteiger partial charge >= 0.3 is 0 Å². The van der Waals surface area contributed by atoms with E-state index in [4.69, 9.17) is 0 Å². The second-order valence-corrected chi connectivity index (χ2v) is 5.71. The number of hydrogen-bond acceptors (Lipinski definition) is 5. The lowest BCUT2D eigenvalue weighted by Crippen LogP contribution is -2.23. The van der Waals surface area contributed by atoms with E-state index in [9.17, 15) is 9.90 Å². The van der Waals surface area contributed by atoms with E-state index in [1.807, 2.05) is 19.1 Å². The van der Waals surface area contributed by atoms with E-state index in [0.29, 0.717) is 17.9 Å². The second kappa shape index (κ2) is 5.54. The van der Waals surface area contributed by atoms with Crippen LogP contribution in [0.3, 0.4) is 0 Å². The quantitative estimate of drug-likeness (QED) is 0.767. The van der Waals surface area contributed by atoms with Crippen LogP contribution in [-0.4, -0.2) is 31.2 Å². The van der Waals surface area contributed by atoms with Crippen LogP contribution in [0.5, 0.6) is 0 Å². The number of aryl methyl sites for hydroxylation is 1. The molecule has 4 heterocycles. The van der Waals surface area contributed by atoms with Gasteiger partial charge in [0.1, 0.15) is 0 Å². The molecule has 0 atom stereocenters. The minimum absolute atomic E-state index is 0.0732. The van der Waals surface area contributed by atoms with E-state index < -0.39 is 0 Å². The summed E-state index contributed by atoms with van der Waals surface area (Å²) in [5.74, 6) is 0.499. The Morgan fingerprint density at radius 2 is 2.21 bits per heavy atom. The Labute approximate surface area is 138 Å². The standard InChI is InChI=1S/C17H15N5O2/c1-10-4-13(12-5-11(9-23)6-18-7-12)20-14-8-22(17(24)16(10)14)15-2-3-19-21-15/h2-7,23H,8-9H2,1H3,(H,19,21). The van der Waals surface area contributed by atoms with Crippen LogP contribution in [0.2, 0.25) is 0 Å². The van der Waals surface area contributed by atoms with E-state index in [1.54, 1.807) is 29.6 Å². The number of amides is 1. The highest BCUT2D eigenvalue weighted by atomic mass is 16.3. The maximum absolute atomic E-state index is 12.7. The predicted octanol–water partition coefficient (Wildman–Crippen LogP) is 1.83. The summed E-state index contributed by atoms with van der Waals surface area (Å²) in [5, 5.41) is 16.1. The SMILES string of the molecule is Cc1cc(-c2cncc(CO)c2)nc2c1C(=O)N(c1cc[nH]n1)C2. The molecule has 24 heavy (non-hydrogen) atoms. The van der Waals surface area contributed by atoms with Crippen molar-refractivity contribution in [2.24, 2.45) is 0 Å². The fraction of sp³-hybridized carbons (Fsp3) is 0.176. The largest absolute Gasteiger partial charge is 0.392 e. The Morgan fingerprint density at radius 1 is 1.33 bits per heavy atom. The molecule has 0 spiro atoms. The molecule has 0 aliphatic carbocycles. The van der Waals surface area contributed by atoms with E-state index in [2.05, 4.69) is 20.2 Å². The summed E-state index contributed by atoms with van der Waals surface area (Å²) in [6.45, 7) is 2.22. The minimum atomic E-state index is -0.0871. The van der Waals surface area contributed by atoms with Gasteiger partial charge in [0, 0.05) is 30.2 Å². The molecule has 0 radical (unpaired) electrons. The molecular formula is C17H15N5O2. The number of H-pyrrole nitrogens is 1. The van der Waals surface area contributed by atoms with Crippen molar-refractivity contribution in [3.63, 3.8) is 0 Å². The van der Waals surface area contributed by atoms with Gasteiger partial charge in [0.25, 0.3) is 5.91 Å². The van der Waals surface area contributed by atoms with Crippen molar-refractivity contribution in [1.29, 1.82) is 0 Å². The number of rotatable bonds is 3. The molecule has 0 bridgehead atoms. The highest BCUT2D eigenvalue weighted by Crippen LogP contribution is 2.30. The van der Waals surface area contributed by atoms with Crippen LogP contribution >= 0.6 is 0 Å². The summed E-state index contributed by atoms with van der Waals surface area (Å²) < 4.78 is 0. The van der Waals surface area contributed by atoms with Crippen LogP contribution in [0, 0.1) is 6.92 Å². The summed E-state index contributed by atoms with van der Waals surface area (Å²) in [6, 6.07) is 5.49. The Kier molecular flexibility index (Phi) is 3.35. The normalized spacial score (nSPS) is 13.4. The van der Waals surface area contributed by atoms with E-state index in [1.165, 1.54) is 0 Å². The molecule has 1 aliphatic rings. The number of carbonyl (C=O) groups excluding carboxylic acids is 1. The van der Waals surface area contributed by atoms with E-state index in [-0.39, 0.29) is 12.5 Å². The number of anilines is 1. The van der Waals surface area contributed by atoms with Gasteiger partial charge in [-0.05, 0) is 30.2 Å². The Morgan fingerprint density at radius 3 is 2.96 bits per heavy atom. The van der Waals surface area contributed by atoms with Crippen LogP contribution < -0.4 is 4.90 Å². The average Bonchev–Trinajstić information content (AvgIpc) is 3.23. The number of aromatic nitrogens is 4. The number of hydrogen-bond donors (Lipinski definition) is 2. The van der Waals surface area contributed by atoms with Gasteiger partial charge < -0.3 is 5.11 Å². The van der Waals surface area contributed by atoms with Gasteiger partial charge in [-0.3, -0.25) is 24.8 Å². The first kappa shape index (κ1) is 14.5. The molecule has 0 saturated heterocycles. The fourth-order valence-electron chi connectivity index (χ4n) is 2.95. The van der Waals surface area contributed by atoms with Gasteiger partial charge in [0.05, 0.1) is 30.1 Å². The third-order valence-corrected chi connectivity index (χ3v) is 4.09. The van der Waals surface area contributed by atoms with Crippen LogP contribution in [0.4, 0.5) is 5.82 Å². The first-order valence-corrected chi connectivity index (χ1v) is 7.54. The zero-order chi connectivity index (χ0) is 16.7. The molecule has 7 nitrogen and oxygen atoms in total. The summed E-state index contributed by atoms with van der Waals surface area (Å²) >= 11 is 0.